The minimum absolute atomic E-state index is 0.334. The Hall–Kier alpha value is -1.10. The lowest BCUT2D eigenvalue weighted by Gasteiger charge is -2.37. The number of carbonyl (C=O) groups is 2. The predicted octanol–water partition coefficient (Wildman–Crippen LogP) is 1.65. The molecular weight excluding hydrogens is 244 g/mol. The van der Waals surface area contributed by atoms with Crippen LogP contribution in [0.15, 0.2) is 0 Å². The van der Waals surface area contributed by atoms with Crippen LogP contribution in [-0.4, -0.2) is 28.6 Å². The molecule has 1 rings (SSSR count). The molecule has 1 aliphatic carbocycles. The lowest BCUT2D eigenvalue weighted by molar-refractivity contribution is -0.150. The molecule has 0 heterocycles. The molecule has 0 unspecified atom stereocenters. The van der Waals surface area contributed by atoms with Crippen molar-refractivity contribution in [2.45, 2.75) is 70.4 Å². The van der Waals surface area contributed by atoms with Crippen molar-refractivity contribution in [2.75, 3.05) is 0 Å². The summed E-state index contributed by atoms with van der Waals surface area (Å²) in [5, 5.41) is 12.2. The smallest absolute Gasteiger partial charge is 0.329 e. The van der Waals surface area contributed by atoms with Crippen LogP contribution in [0.5, 0.6) is 0 Å². The van der Waals surface area contributed by atoms with Crippen molar-refractivity contribution < 1.29 is 14.7 Å². The predicted molar refractivity (Wildman–Crippen MR) is 73.6 cm³/mol. The van der Waals surface area contributed by atoms with E-state index in [1.807, 2.05) is 6.92 Å². The minimum Gasteiger partial charge on any atom is -0.480 e. The van der Waals surface area contributed by atoms with E-state index >= 15 is 0 Å². The van der Waals surface area contributed by atoms with E-state index in [0.29, 0.717) is 25.2 Å². The zero-order valence-corrected chi connectivity index (χ0v) is 11.9. The zero-order chi connectivity index (χ0) is 14.5. The summed E-state index contributed by atoms with van der Waals surface area (Å²) >= 11 is 0. The number of carboxylic acid groups (broad SMARTS) is 1. The molecule has 5 heteroatoms. The third-order valence-electron chi connectivity index (χ3n) is 4.24. The molecule has 0 aromatic heterocycles. The van der Waals surface area contributed by atoms with E-state index in [1.165, 1.54) is 0 Å². The third-order valence-corrected chi connectivity index (χ3v) is 4.24. The van der Waals surface area contributed by atoms with Crippen LogP contribution in [0.2, 0.25) is 0 Å². The second kappa shape index (κ2) is 6.89. The van der Waals surface area contributed by atoms with Gasteiger partial charge in [0.25, 0.3) is 0 Å². The molecule has 4 N–H and O–H groups in total. The highest BCUT2D eigenvalue weighted by Gasteiger charge is 2.43. The number of nitrogens with one attached hydrogen (secondary N) is 1. The Kier molecular flexibility index (Phi) is 5.79. The number of carboxylic acids is 1. The van der Waals surface area contributed by atoms with Gasteiger partial charge in [-0.05, 0) is 38.0 Å². The summed E-state index contributed by atoms with van der Waals surface area (Å²) in [6, 6.07) is -0.606. The Balaban J connectivity index is 2.68. The van der Waals surface area contributed by atoms with E-state index < -0.39 is 17.6 Å². The molecule has 0 aliphatic heterocycles. The van der Waals surface area contributed by atoms with Crippen LogP contribution in [-0.2, 0) is 9.59 Å². The van der Waals surface area contributed by atoms with Crippen LogP contribution in [0.3, 0.4) is 0 Å². The van der Waals surface area contributed by atoms with Crippen LogP contribution in [0.4, 0.5) is 0 Å². The quantitative estimate of drug-likeness (QED) is 0.684. The Morgan fingerprint density at radius 2 is 1.95 bits per heavy atom. The number of nitrogens with two attached hydrogens (primary N) is 1. The number of amides is 1. The van der Waals surface area contributed by atoms with Crippen molar-refractivity contribution in [3.05, 3.63) is 0 Å². The Morgan fingerprint density at radius 1 is 1.37 bits per heavy atom. The Morgan fingerprint density at radius 3 is 2.37 bits per heavy atom. The van der Waals surface area contributed by atoms with Gasteiger partial charge in [-0.1, -0.05) is 26.7 Å². The average Bonchev–Trinajstić information content (AvgIpc) is 2.39. The fourth-order valence-electron chi connectivity index (χ4n) is 2.74. The molecule has 1 saturated carbocycles. The molecule has 1 atom stereocenters. The van der Waals surface area contributed by atoms with Gasteiger partial charge in [0, 0.05) is 0 Å². The van der Waals surface area contributed by atoms with Gasteiger partial charge in [-0.3, -0.25) is 4.79 Å². The van der Waals surface area contributed by atoms with Gasteiger partial charge in [-0.2, -0.15) is 0 Å². The second-order valence-corrected chi connectivity index (χ2v) is 5.62. The first-order chi connectivity index (χ1) is 8.95. The van der Waals surface area contributed by atoms with Crippen molar-refractivity contribution in [2.24, 2.45) is 11.7 Å². The largest absolute Gasteiger partial charge is 0.480 e. The molecule has 0 bridgehead atoms. The summed E-state index contributed by atoms with van der Waals surface area (Å²) in [4.78, 5) is 23.5. The fourth-order valence-corrected chi connectivity index (χ4v) is 2.74. The Labute approximate surface area is 114 Å². The van der Waals surface area contributed by atoms with Gasteiger partial charge in [-0.15, -0.1) is 0 Å². The molecule has 110 valence electrons. The molecule has 0 aromatic rings. The van der Waals surface area contributed by atoms with Crippen LogP contribution >= 0.6 is 0 Å². The molecule has 0 spiro atoms. The van der Waals surface area contributed by atoms with E-state index in [4.69, 9.17) is 5.73 Å². The second-order valence-electron chi connectivity index (χ2n) is 5.62. The molecule has 1 amide bonds. The lowest BCUT2D eigenvalue weighted by Crippen LogP contribution is -2.59. The van der Waals surface area contributed by atoms with E-state index in [2.05, 4.69) is 12.2 Å². The summed E-state index contributed by atoms with van der Waals surface area (Å²) in [5.41, 5.74) is 4.65. The standard InChI is InChI=1S/C14H26N2O3/c1-3-5-11(15)12(17)16-14(13(18)19)8-6-10(4-2)7-9-14/h10-11H,3-9,15H2,1-2H3,(H,16,17)(H,18,19)/t10?,11-,14?/m1/s1. The number of rotatable bonds is 6. The van der Waals surface area contributed by atoms with Gasteiger partial charge in [-0.25, -0.2) is 4.79 Å². The lowest BCUT2D eigenvalue weighted by atomic mass is 9.75. The molecule has 1 aliphatic rings. The Bertz CT molecular complexity index is 323. The maximum Gasteiger partial charge on any atom is 0.329 e. The monoisotopic (exact) mass is 270 g/mol. The van der Waals surface area contributed by atoms with Crippen molar-refractivity contribution >= 4 is 11.9 Å². The van der Waals surface area contributed by atoms with E-state index in [9.17, 15) is 14.7 Å². The third kappa shape index (κ3) is 3.93. The molecule has 1 fully saturated rings. The van der Waals surface area contributed by atoms with E-state index in [-0.39, 0.29) is 5.91 Å². The molecule has 19 heavy (non-hydrogen) atoms. The first-order valence-electron chi connectivity index (χ1n) is 7.26. The van der Waals surface area contributed by atoms with Crippen molar-refractivity contribution in [3.8, 4) is 0 Å². The fraction of sp³-hybridized carbons (Fsp3) is 0.857. The van der Waals surface area contributed by atoms with Gasteiger partial charge in [0.15, 0.2) is 0 Å². The number of carbonyl (C=O) groups excluding carboxylic acids is 1. The van der Waals surface area contributed by atoms with Crippen molar-refractivity contribution in [3.63, 3.8) is 0 Å². The summed E-state index contributed by atoms with van der Waals surface area (Å²) in [7, 11) is 0. The first-order valence-corrected chi connectivity index (χ1v) is 7.26. The normalized spacial score (nSPS) is 28.7. The number of hydrogen-bond donors (Lipinski definition) is 3. The molecule has 0 radical (unpaired) electrons. The zero-order valence-electron chi connectivity index (χ0n) is 11.9. The van der Waals surface area contributed by atoms with E-state index in [1.54, 1.807) is 0 Å². The van der Waals surface area contributed by atoms with Crippen molar-refractivity contribution in [1.29, 1.82) is 0 Å². The minimum atomic E-state index is -1.10. The maximum atomic E-state index is 12.0. The summed E-state index contributed by atoms with van der Waals surface area (Å²) in [5.74, 6) is -0.688. The molecule has 0 saturated heterocycles. The molecular formula is C14H26N2O3. The van der Waals surface area contributed by atoms with Crippen LogP contribution in [0.1, 0.15) is 58.8 Å². The highest BCUT2D eigenvalue weighted by molar-refractivity contribution is 5.89. The van der Waals surface area contributed by atoms with Crippen LogP contribution in [0, 0.1) is 5.92 Å². The molecule has 0 aromatic carbocycles. The van der Waals surface area contributed by atoms with Crippen LogP contribution in [0.25, 0.3) is 0 Å². The SMILES string of the molecule is CCC[C@@H](N)C(=O)NC1(C(=O)O)CCC(CC)CC1. The highest BCUT2D eigenvalue weighted by atomic mass is 16.4. The highest BCUT2D eigenvalue weighted by Crippen LogP contribution is 2.34. The van der Waals surface area contributed by atoms with Gasteiger partial charge < -0.3 is 16.2 Å². The summed E-state index contributed by atoms with van der Waals surface area (Å²) in [6.45, 7) is 4.07. The van der Waals surface area contributed by atoms with Gasteiger partial charge in [0.1, 0.15) is 5.54 Å². The number of aliphatic carboxylic acids is 1. The van der Waals surface area contributed by atoms with Crippen LogP contribution < -0.4 is 11.1 Å². The van der Waals surface area contributed by atoms with Gasteiger partial charge >= 0.3 is 5.97 Å². The maximum absolute atomic E-state index is 12.0. The summed E-state index contributed by atoms with van der Waals surface area (Å²) < 4.78 is 0. The van der Waals surface area contributed by atoms with Crippen molar-refractivity contribution in [1.82, 2.24) is 5.32 Å². The van der Waals surface area contributed by atoms with Gasteiger partial charge in [0.05, 0.1) is 6.04 Å². The molecule has 5 nitrogen and oxygen atoms in total. The van der Waals surface area contributed by atoms with Gasteiger partial charge in [0.2, 0.25) is 5.91 Å². The topological polar surface area (TPSA) is 92.4 Å². The van der Waals surface area contributed by atoms with E-state index in [0.717, 1.165) is 25.7 Å². The first kappa shape index (κ1) is 16.0. The number of hydrogen-bond acceptors (Lipinski definition) is 3. The summed E-state index contributed by atoms with van der Waals surface area (Å²) in [6.07, 6.45) is 5.18. The average molecular weight is 270 g/mol.